The summed E-state index contributed by atoms with van der Waals surface area (Å²) >= 11 is 0. The van der Waals surface area contributed by atoms with Crippen LogP contribution in [0.1, 0.15) is 157 Å². The van der Waals surface area contributed by atoms with Crippen LogP contribution in [0.4, 0.5) is 0 Å². The molecule has 0 saturated carbocycles. The second-order valence-electron chi connectivity index (χ2n) is 11.6. The van der Waals surface area contributed by atoms with Gasteiger partial charge in [0.15, 0.2) is 0 Å². The third-order valence-electron chi connectivity index (χ3n) is 7.79. The molecular formula is C32H70O2S2Si2. The van der Waals surface area contributed by atoms with Gasteiger partial charge in [-0.1, -0.05) is 190 Å². The Morgan fingerprint density at radius 3 is 0.921 bits per heavy atom. The molecule has 0 heterocycles. The zero-order valence-corrected chi connectivity index (χ0v) is 30.9. The number of hydrogen-bond acceptors (Lipinski definition) is 4. The van der Waals surface area contributed by atoms with Gasteiger partial charge in [-0.3, -0.25) is 0 Å². The number of unbranched alkanes of at least 4 members (excludes halogenated alkanes) is 12. The van der Waals surface area contributed by atoms with Crippen LogP contribution in [-0.4, -0.2) is 40.9 Å². The minimum Gasteiger partial charge on any atom is -0.371 e. The molecule has 0 amide bonds. The fraction of sp³-hybridized carbons (Fsp3) is 1.00. The van der Waals surface area contributed by atoms with E-state index in [4.69, 9.17) is 9.47 Å². The van der Waals surface area contributed by atoms with Crippen LogP contribution in [0.15, 0.2) is 0 Å². The molecule has 2 unspecified atom stereocenters. The summed E-state index contributed by atoms with van der Waals surface area (Å²) in [6.45, 7) is 15.9. The number of hydrogen-bond donors (Lipinski definition) is 0. The maximum Gasteiger partial charge on any atom is 0.0980 e. The van der Waals surface area contributed by atoms with Crippen molar-refractivity contribution in [1.82, 2.24) is 0 Å². The lowest BCUT2D eigenvalue weighted by atomic mass is 10.3. The van der Waals surface area contributed by atoms with E-state index in [0.29, 0.717) is 10.1 Å². The Bertz CT molecular complexity index is 399. The van der Waals surface area contributed by atoms with E-state index in [-0.39, 0.29) is 0 Å². The summed E-state index contributed by atoms with van der Waals surface area (Å²) in [5.74, 6) is 0. The Morgan fingerprint density at radius 1 is 0.395 bits per heavy atom. The fourth-order valence-corrected chi connectivity index (χ4v) is 19.3. The van der Waals surface area contributed by atoms with Crippen LogP contribution >= 0.6 is 21.6 Å². The molecule has 6 heteroatoms. The van der Waals surface area contributed by atoms with Crippen LogP contribution in [-0.2, 0) is 9.47 Å². The molecule has 0 N–H and O–H groups in total. The SMILES string of the molecule is CCCCCOC(SSC(OCCCCC)[SiH](CCCCC)CCCCC)[SiH](CCCCC)CCCCC. The normalized spacial score (nSPS) is 13.6. The average molecular weight is 607 g/mol. The van der Waals surface area contributed by atoms with Crippen molar-refractivity contribution < 1.29 is 9.47 Å². The van der Waals surface area contributed by atoms with E-state index >= 15 is 0 Å². The van der Waals surface area contributed by atoms with Crippen LogP contribution in [0.3, 0.4) is 0 Å². The van der Waals surface area contributed by atoms with Crippen molar-refractivity contribution in [3.63, 3.8) is 0 Å². The highest BCUT2D eigenvalue weighted by Gasteiger charge is 2.29. The molecule has 230 valence electrons. The molecule has 0 aliphatic carbocycles. The van der Waals surface area contributed by atoms with E-state index in [1.807, 2.05) is 0 Å². The topological polar surface area (TPSA) is 18.5 Å². The molecule has 0 aromatic rings. The molecule has 0 spiro atoms. The Labute approximate surface area is 252 Å². The molecule has 0 rings (SSSR count). The van der Waals surface area contributed by atoms with E-state index in [2.05, 4.69) is 63.1 Å². The van der Waals surface area contributed by atoms with Gasteiger partial charge in [0, 0.05) is 13.2 Å². The maximum atomic E-state index is 6.80. The van der Waals surface area contributed by atoms with Gasteiger partial charge in [-0.2, -0.15) is 0 Å². The lowest BCUT2D eigenvalue weighted by molar-refractivity contribution is 0.147. The number of ether oxygens (including phenoxy) is 2. The molecule has 0 aliphatic rings. The average Bonchev–Trinajstić information content (AvgIpc) is 2.92. The molecule has 0 aromatic carbocycles. The summed E-state index contributed by atoms with van der Waals surface area (Å²) in [5, 5.41) is 0.932. The Morgan fingerprint density at radius 2 is 0.658 bits per heavy atom. The van der Waals surface area contributed by atoms with Crippen molar-refractivity contribution in [2.24, 2.45) is 0 Å². The zero-order valence-electron chi connectivity index (χ0n) is 26.9. The molecule has 2 nitrogen and oxygen atoms in total. The van der Waals surface area contributed by atoms with E-state index in [9.17, 15) is 0 Å². The first-order chi connectivity index (χ1) is 18.7. The van der Waals surface area contributed by atoms with Gasteiger partial charge in [-0.15, -0.1) is 0 Å². The van der Waals surface area contributed by atoms with E-state index in [1.165, 1.54) is 140 Å². The predicted octanol–water partition coefficient (Wildman–Crippen LogP) is 11.7. The Hall–Kier alpha value is 1.05. The third-order valence-corrected chi connectivity index (χ3v) is 20.9. The van der Waals surface area contributed by atoms with Crippen LogP contribution in [0.25, 0.3) is 0 Å². The van der Waals surface area contributed by atoms with Crippen LogP contribution < -0.4 is 0 Å². The highest BCUT2D eigenvalue weighted by molar-refractivity contribution is 8.77. The number of rotatable bonds is 31. The van der Waals surface area contributed by atoms with Gasteiger partial charge >= 0.3 is 0 Å². The van der Waals surface area contributed by atoms with Gasteiger partial charge in [0.1, 0.15) is 0 Å². The second kappa shape index (κ2) is 31.0. The van der Waals surface area contributed by atoms with Crippen LogP contribution in [0.5, 0.6) is 0 Å². The summed E-state index contributed by atoms with van der Waals surface area (Å²) in [4.78, 5) is 0. The summed E-state index contributed by atoms with van der Waals surface area (Å²) in [5.41, 5.74) is 0. The van der Waals surface area contributed by atoms with Crippen LogP contribution in [0, 0.1) is 0 Å². The standard InChI is InChI=1S/C32H70O2S2Si2/c1-7-13-19-25-33-31(37(27-21-15-9-3)28-22-16-10-4)35-36-32(34-26-20-14-8-2)38(29-23-17-11-5)30-24-18-12-6/h31-32,37-38H,7-30H2,1-6H3. The molecule has 0 aliphatic heterocycles. The van der Waals surface area contributed by atoms with Crippen LogP contribution in [0.2, 0.25) is 24.2 Å². The van der Waals surface area contributed by atoms with Gasteiger partial charge < -0.3 is 9.47 Å². The lowest BCUT2D eigenvalue weighted by Gasteiger charge is -2.30. The highest BCUT2D eigenvalue weighted by Crippen LogP contribution is 2.39. The Balaban J connectivity index is 5.53. The highest BCUT2D eigenvalue weighted by atomic mass is 33.1. The van der Waals surface area contributed by atoms with E-state index in [1.54, 1.807) is 0 Å². The smallest absolute Gasteiger partial charge is 0.0980 e. The van der Waals surface area contributed by atoms with Gasteiger partial charge in [0.25, 0.3) is 0 Å². The quantitative estimate of drug-likeness (QED) is 0.0338. The minimum absolute atomic E-state index is 0.466. The molecule has 0 saturated heterocycles. The Kier molecular flexibility index (Phi) is 31.9. The van der Waals surface area contributed by atoms with Crippen molar-refractivity contribution in [3.8, 4) is 0 Å². The monoisotopic (exact) mass is 606 g/mol. The largest absolute Gasteiger partial charge is 0.371 e. The van der Waals surface area contributed by atoms with Gasteiger partial charge in [0.05, 0.1) is 27.7 Å². The summed E-state index contributed by atoms with van der Waals surface area (Å²) in [6.07, 6.45) is 24.2. The molecule has 0 radical (unpaired) electrons. The predicted molar refractivity (Wildman–Crippen MR) is 185 cm³/mol. The van der Waals surface area contributed by atoms with Crippen molar-refractivity contribution in [1.29, 1.82) is 0 Å². The third kappa shape index (κ3) is 22.7. The first-order valence-corrected chi connectivity index (χ1v) is 24.1. The van der Waals surface area contributed by atoms with E-state index < -0.39 is 17.6 Å². The molecule has 38 heavy (non-hydrogen) atoms. The summed E-state index contributed by atoms with van der Waals surface area (Å²) in [6, 6.07) is 5.89. The molecule has 0 bridgehead atoms. The van der Waals surface area contributed by atoms with Crippen molar-refractivity contribution in [3.05, 3.63) is 0 Å². The van der Waals surface area contributed by atoms with Gasteiger partial charge in [-0.25, -0.2) is 0 Å². The molecular weight excluding hydrogens is 537 g/mol. The zero-order chi connectivity index (χ0) is 28.1. The summed E-state index contributed by atoms with van der Waals surface area (Å²) < 4.78 is 13.6. The minimum atomic E-state index is -0.967. The molecule has 0 fully saturated rings. The van der Waals surface area contributed by atoms with Crippen molar-refractivity contribution in [2.75, 3.05) is 13.2 Å². The molecule has 0 aromatic heterocycles. The second-order valence-corrected chi connectivity index (χ2v) is 21.6. The first-order valence-electron chi connectivity index (χ1n) is 17.2. The van der Waals surface area contributed by atoms with Crippen molar-refractivity contribution in [2.45, 2.75) is 191 Å². The van der Waals surface area contributed by atoms with Gasteiger partial charge in [-0.05, 0) is 12.8 Å². The first kappa shape index (κ1) is 39.1. The fourth-order valence-electron chi connectivity index (χ4n) is 5.16. The lowest BCUT2D eigenvalue weighted by Crippen LogP contribution is -2.34. The van der Waals surface area contributed by atoms with Crippen molar-refractivity contribution >= 4 is 39.2 Å². The maximum absolute atomic E-state index is 6.80. The molecule has 2 atom stereocenters. The van der Waals surface area contributed by atoms with Gasteiger partial charge in [0.2, 0.25) is 0 Å². The van der Waals surface area contributed by atoms with E-state index in [0.717, 1.165) is 13.2 Å². The summed E-state index contributed by atoms with van der Waals surface area (Å²) in [7, 11) is 2.36.